The maximum Gasteiger partial charge on any atom is 0.317 e. The largest absolute Gasteiger partial charge is 0.426 e. The summed E-state index contributed by atoms with van der Waals surface area (Å²) in [5.74, 6) is 0.294. The van der Waals surface area contributed by atoms with Gasteiger partial charge in [0.1, 0.15) is 5.75 Å². The number of carbonyl (C=O) groups excluding carboxylic acids is 1. The Balaban J connectivity index is 1.44. The first-order valence-corrected chi connectivity index (χ1v) is 7.27. The SMILES string of the molecule is O=C(Oc1ccc(-n2cccn2)cc1)[C@H]1C[C@H]2CC[C@H]1O2. The van der Waals surface area contributed by atoms with Crippen LogP contribution in [0.3, 0.4) is 0 Å². The molecule has 1 aromatic heterocycles. The zero-order valence-electron chi connectivity index (χ0n) is 11.5. The molecule has 0 amide bonds. The van der Waals surface area contributed by atoms with Gasteiger partial charge in [0.2, 0.25) is 0 Å². The van der Waals surface area contributed by atoms with Crippen LogP contribution in [0.1, 0.15) is 19.3 Å². The van der Waals surface area contributed by atoms with Crippen molar-refractivity contribution in [2.24, 2.45) is 5.92 Å². The lowest BCUT2D eigenvalue weighted by atomic mass is 9.89. The molecule has 0 aliphatic carbocycles. The van der Waals surface area contributed by atoms with E-state index in [9.17, 15) is 4.79 Å². The van der Waals surface area contributed by atoms with Crippen LogP contribution in [0, 0.1) is 5.92 Å². The number of benzene rings is 1. The Morgan fingerprint density at radius 3 is 2.76 bits per heavy atom. The topological polar surface area (TPSA) is 53.4 Å². The number of aromatic nitrogens is 2. The number of ether oxygens (including phenoxy) is 2. The fraction of sp³-hybridized carbons (Fsp3) is 0.375. The summed E-state index contributed by atoms with van der Waals surface area (Å²) in [6.45, 7) is 0. The van der Waals surface area contributed by atoms with Crippen LogP contribution in [-0.2, 0) is 9.53 Å². The first-order chi connectivity index (χ1) is 10.3. The van der Waals surface area contributed by atoms with E-state index in [4.69, 9.17) is 9.47 Å². The van der Waals surface area contributed by atoms with Gasteiger partial charge in [-0.15, -0.1) is 0 Å². The van der Waals surface area contributed by atoms with Gasteiger partial charge in [0.25, 0.3) is 0 Å². The zero-order valence-corrected chi connectivity index (χ0v) is 11.5. The van der Waals surface area contributed by atoms with Crippen LogP contribution in [0.2, 0.25) is 0 Å². The number of nitrogens with zero attached hydrogens (tertiary/aromatic N) is 2. The normalized spacial score (nSPS) is 27.0. The van der Waals surface area contributed by atoms with Gasteiger partial charge in [-0.3, -0.25) is 4.79 Å². The monoisotopic (exact) mass is 284 g/mol. The Labute approximate surface area is 122 Å². The van der Waals surface area contributed by atoms with Gasteiger partial charge in [-0.05, 0) is 49.6 Å². The second-order valence-corrected chi connectivity index (χ2v) is 5.58. The molecule has 0 spiro atoms. The quantitative estimate of drug-likeness (QED) is 0.641. The van der Waals surface area contributed by atoms with Gasteiger partial charge in [-0.1, -0.05) is 0 Å². The van der Waals surface area contributed by atoms with Gasteiger partial charge in [0.15, 0.2) is 0 Å². The predicted molar refractivity (Wildman–Crippen MR) is 75.2 cm³/mol. The maximum absolute atomic E-state index is 12.2. The summed E-state index contributed by atoms with van der Waals surface area (Å²) in [5, 5.41) is 4.16. The fourth-order valence-corrected chi connectivity index (χ4v) is 3.17. The second-order valence-electron chi connectivity index (χ2n) is 5.58. The Morgan fingerprint density at radius 2 is 2.14 bits per heavy atom. The minimum absolute atomic E-state index is 0.0610. The molecule has 3 heterocycles. The van der Waals surface area contributed by atoms with Crippen LogP contribution in [0.25, 0.3) is 5.69 Å². The third-order valence-corrected chi connectivity index (χ3v) is 4.23. The lowest BCUT2D eigenvalue weighted by Gasteiger charge is -2.17. The van der Waals surface area contributed by atoms with Crippen molar-refractivity contribution in [3.63, 3.8) is 0 Å². The van der Waals surface area contributed by atoms with E-state index in [1.54, 1.807) is 23.0 Å². The molecular formula is C16H16N2O3. The summed E-state index contributed by atoms with van der Waals surface area (Å²) < 4.78 is 12.9. The van der Waals surface area contributed by atoms with E-state index < -0.39 is 0 Å². The van der Waals surface area contributed by atoms with Crippen molar-refractivity contribution in [1.82, 2.24) is 9.78 Å². The van der Waals surface area contributed by atoms with Gasteiger partial charge in [-0.25, -0.2) is 4.68 Å². The van der Waals surface area contributed by atoms with E-state index in [0.717, 1.165) is 24.9 Å². The molecule has 21 heavy (non-hydrogen) atoms. The van der Waals surface area contributed by atoms with Crippen LogP contribution in [-0.4, -0.2) is 28.0 Å². The lowest BCUT2D eigenvalue weighted by Crippen LogP contribution is -2.29. The summed E-state index contributed by atoms with van der Waals surface area (Å²) in [5.41, 5.74) is 0.933. The molecule has 0 N–H and O–H groups in total. The molecule has 2 aliphatic rings. The predicted octanol–water partition coefficient (Wildman–Crippen LogP) is 2.35. The molecule has 5 nitrogen and oxygen atoms in total. The lowest BCUT2D eigenvalue weighted by molar-refractivity contribution is -0.140. The molecule has 2 aromatic rings. The minimum atomic E-state index is -0.172. The third kappa shape index (κ3) is 2.34. The van der Waals surface area contributed by atoms with E-state index in [1.807, 2.05) is 24.4 Å². The van der Waals surface area contributed by atoms with Crippen molar-refractivity contribution in [3.8, 4) is 11.4 Å². The molecule has 2 bridgehead atoms. The smallest absolute Gasteiger partial charge is 0.317 e. The van der Waals surface area contributed by atoms with Crippen molar-refractivity contribution in [2.75, 3.05) is 0 Å². The standard InChI is InChI=1S/C16H16N2O3/c19-16(14-10-13-6-7-15(14)20-13)21-12-4-2-11(3-5-12)18-9-1-8-17-18/h1-5,8-9,13-15H,6-7,10H2/t13-,14+,15-/m1/s1. The Hall–Kier alpha value is -2.14. The molecule has 2 fully saturated rings. The van der Waals surface area contributed by atoms with Gasteiger partial charge in [0.05, 0.1) is 23.8 Å². The van der Waals surface area contributed by atoms with Crippen molar-refractivity contribution >= 4 is 5.97 Å². The van der Waals surface area contributed by atoms with Crippen LogP contribution in [0.5, 0.6) is 5.75 Å². The van der Waals surface area contributed by atoms with Crippen LogP contribution in [0.15, 0.2) is 42.7 Å². The summed E-state index contributed by atoms with van der Waals surface area (Å²) in [7, 11) is 0. The number of hydrogen-bond acceptors (Lipinski definition) is 4. The zero-order chi connectivity index (χ0) is 14.2. The average Bonchev–Trinajstić information content (AvgIpc) is 3.25. The van der Waals surface area contributed by atoms with E-state index >= 15 is 0 Å². The van der Waals surface area contributed by atoms with Gasteiger partial charge < -0.3 is 9.47 Å². The number of hydrogen-bond donors (Lipinski definition) is 0. The van der Waals surface area contributed by atoms with Crippen LogP contribution in [0.4, 0.5) is 0 Å². The summed E-state index contributed by atoms with van der Waals surface area (Å²) in [6, 6.07) is 9.22. The highest BCUT2D eigenvalue weighted by molar-refractivity contribution is 5.76. The Bertz CT molecular complexity index is 636. The molecule has 4 rings (SSSR count). The third-order valence-electron chi connectivity index (χ3n) is 4.23. The maximum atomic E-state index is 12.2. The number of rotatable bonds is 3. The molecule has 3 atom stereocenters. The summed E-state index contributed by atoms with van der Waals surface area (Å²) in [4.78, 5) is 12.2. The van der Waals surface area contributed by atoms with E-state index in [1.165, 1.54) is 0 Å². The molecule has 0 radical (unpaired) electrons. The molecular weight excluding hydrogens is 268 g/mol. The molecule has 0 saturated carbocycles. The van der Waals surface area contributed by atoms with Crippen molar-refractivity contribution in [3.05, 3.63) is 42.7 Å². The van der Waals surface area contributed by atoms with Crippen LogP contribution >= 0.6 is 0 Å². The van der Waals surface area contributed by atoms with Crippen molar-refractivity contribution in [2.45, 2.75) is 31.5 Å². The van der Waals surface area contributed by atoms with Gasteiger partial charge in [-0.2, -0.15) is 5.10 Å². The number of carbonyl (C=O) groups is 1. The molecule has 0 unspecified atom stereocenters. The number of esters is 1. The minimum Gasteiger partial charge on any atom is -0.426 e. The summed E-state index contributed by atoms with van der Waals surface area (Å²) >= 11 is 0. The van der Waals surface area contributed by atoms with Crippen LogP contribution < -0.4 is 4.74 Å². The van der Waals surface area contributed by atoms with Crippen molar-refractivity contribution in [1.29, 1.82) is 0 Å². The molecule has 5 heteroatoms. The highest BCUT2D eigenvalue weighted by Crippen LogP contribution is 2.39. The Morgan fingerprint density at radius 1 is 1.29 bits per heavy atom. The molecule has 2 saturated heterocycles. The molecule has 2 aliphatic heterocycles. The Kier molecular flexibility index (Phi) is 3.00. The van der Waals surface area contributed by atoms with E-state index in [0.29, 0.717) is 5.75 Å². The van der Waals surface area contributed by atoms with Gasteiger partial charge >= 0.3 is 5.97 Å². The van der Waals surface area contributed by atoms with Gasteiger partial charge in [0, 0.05) is 12.4 Å². The van der Waals surface area contributed by atoms with E-state index in [2.05, 4.69) is 5.10 Å². The highest BCUT2D eigenvalue weighted by atomic mass is 16.5. The first-order valence-electron chi connectivity index (χ1n) is 7.27. The van der Waals surface area contributed by atoms with Crippen molar-refractivity contribution < 1.29 is 14.3 Å². The van der Waals surface area contributed by atoms with E-state index in [-0.39, 0.29) is 24.1 Å². The fourth-order valence-electron chi connectivity index (χ4n) is 3.17. The highest BCUT2D eigenvalue weighted by Gasteiger charge is 2.45. The molecule has 108 valence electrons. The second kappa shape index (κ2) is 5.00. The number of fused-ring (bicyclic) bond motifs is 2. The molecule has 1 aromatic carbocycles. The average molecular weight is 284 g/mol. The first kappa shape index (κ1) is 12.6. The summed E-state index contributed by atoms with van der Waals surface area (Å²) in [6.07, 6.45) is 6.77.